The van der Waals surface area contributed by atoms with E-state index in [9.17, 15) is 14.7 Å². The van der Waals surface area contributed by atoms with Crippen molar-refractivity contribution in [2.75, 3.05) is 39.3 Å². The molecule has 1 aromatic carbocycles. The first kappa shape index (κ1) is 16.6. The zero-order valence-corrected chi connectivity index (χ0v) is 14.2. The second-order valence-electron chi connectivity index (χ2n) is 6.63. The third-order valence-corrected chi connectivity index (χ3v) is 4.85. The molecule has 2 aliphatic heterocycles. The number of benzene rings is 1. The largest absolute Gasteiger partial charge is 0.507 e. The zero-order valence-electron chi connectivity index (χ0n) is 14.2. The second-order valence-corrected chi connectivity index (χ2v) is 6.63. The first-order valence-corrected chi connectivity index (χ1v) is 8.69. The van der Waals surface area contributed by atoms with Crippen LogP contribution in [0, 0.1) is 6.92 Å². The van der Waals surface area contributed by atoms with Crippen molar-refractivity contribution in [3.63, 3.8) is 0 Å². The minimum absolute atomic E-state index is 0.0115. The molecule has 6 nitrogen and oxygen atoms in total. The number of piperazine rings is 1. The Bertz CT molecular complexity index is 618. The number of phenolic OH excluding ortho intramolecular Hbond substituents is 1. The van der Waals surface area contributed by atoms with E-state index in [1.165, 1.54) is 6.42 Å². The maximum Gasteiger partial charge on any atom is 0.320 e. The van der Waals surface area contributed by atoms with Gasteiger partial charge in [-0.05, 0) is 38.3 Å². The molecule has 1 N–H and O–H groups in total. The van der Waals surface area contributed by atoms with Crippen LogP contribution in [0.1, 0.15) is 35.2 Å². The highest BCUT2D eigenvalue weighted by Crippen LogP contribution is 2.21. The Morgan fingerprint density at radius 1 is 0.875 bits per heavy atom. The molecule has 0 spiro atoms. The topological polar surface area (TPSA) is 64.1 Å². The number of rotatable bonds is 1. The van der Waals surface area contributed by atoms with Crippen LogP contribution in [0.2, 0.25) is 0 Å². The fraction of sp³-hybridized carbons (Fsp3) is 0.556. The Balaban J connectivity index is 1.59. The zero-order chi connectivity index (χ0) is 17.1. The summed E-state index contributed by atoms with van der Waals surface area (Å²) < 4.78 is 0. The molecule has 0 bridgehead atoms. The molecule has 2 heterocycles. The van der Waals surface area contributed by atoms with Gasteiger partial charge in [-0.2, -0.15) is 0 Å². The van der Waals surface area contributed by atoms with Crippen LogP contribution in [0.4, 0.5) is 4.79 Å². The van der Waals surface area contributed by atoms with E-state index in [-0.39, 0.29) is 17.7 Å². The van der Waals surface area contributed by atoms with Crippen LogP contribution >= 0.6 is 0 Å². The number of carbonyl (C=O) groups excluding carboxylic acids is 2. The Kier molecular flexibility index (Phi) is 4.92. The number of aryl methyl sites for hydroxylation is 1. The lowest BCUT2D eigenvalue weighted by Gasteiger charge is -2.38. The van der Waals surface area contributed by atoms with Crippen LogP contribution in [0.5, 0.6) is 5.75 Å². The Labute approximate surface area is 142 Å². The van der Waals surface area contributed by atoms with Gasteiger partial charge in [-0.1, -0.05) is 11.6 Å². The molecule has 0 saturated carbocycles. The molecule has 0 unspecified atom stereocenters. The number of carbonyl (C=O) groups is 2. The van der Waals surface area contributed by atoms with Gasteiger partial charge < -0.3 is 19.8 Å². The van der Waals surface area contributed by atoms with Gasteiger partial charge in [0.1, 0.15) is 5.75 Å². The number of hydrogen-bond donors (Lipinski definition) is 1. The van der Waals surface area contributed by atoms with Gasteiger partial charge in [0, 0.05) is 39.3 Å². The van der Waals surface area contributed by atoms with E-state index in [1.54, 1.807) is 23.1 Å². The summed E-state index contributed by atoms with van der Waals surface area (Å²) in [6.45, 7) is 5.69. The minimum atomic E-state index is -0.165. The molecule has 0 atom stereocenters. The molecule has 3 rings (SSSR count). The van der Waals surface area contributed by atoms with Gasteiger partial charge in [0.2, 0.25) is 0 Å². The molecule has 24 heavy (non-hydrogen) atoms. The fourth-order valence-corrected chi connectivity index (χ4v) is 3.38. The lowest BCUT2D eigenvalue weighted by atomic mass is 10.1. The van der Waals surface area contributed by atoms with E-state index >= 15 is 0 Å². The maximum atomic E-state index is 12.6. The summed E-state index contributed by atoms with van der Waals surface area (Å²) in [5.41, 5.74) is 1.28. The number of likely N-dealkylation sites (tertiary alicyclic amines) is 1. The number of nitrogens with zero attached hydrogens (tertiary/aromatic N) is 3. The smallest absolute Gasteiger partial charge is 0.320 e. The average molecular weight is 331 g/mol. The summed E-state index contributed by atoms with van der Waals surface area (Å²) in [5.74, 6) is -0.154. The van der Waals surface area contributed by atoms with Crippen LogP contribution in [0.3, 0.4) is 0 Å². The highest BCUT2D eigenvalue weighted by atomic mass is 16.3. The quantitative estimate of drug-likeness (QED) is 0.857. The van der Waals surface area contributed by atoms with Crippen molar-refractivity contribution in [3.8, 4) is 5.75 Å². The van der Waals surface area contributed by atoms with E-state index < -0.39 is 0 Å². The number of aromatic hydroxyl groups is 1. The monoisotopic (exact) mass is 331 g/mol. The van der Waals surface area contributed by atoms with Gasteiger partial charge in [-0.25, -0.2) is 4.79 Å². The second kappa shape index (κ2) is 7.11. The molecule has 0 radical (unpaired) electrons. The fourth-order valence-electron chi connectivity index (χ4n) is 3.38. The van der Waals surface area contributed by atoms with Crippen LogP contribution in [-0.4, -0.2) is 71.0 Å². The van der Waals surface area contributed by atoms with Crippen molar-refractivity contribution in [2.45, 2.75) is 26.2 Å². The van der Waals surface area contributed by atoms with Crippen LogP contribution in [0.15, 0.2) is 18.2 Å². The Morgan fingerprint density at radius 2 is 1.46 bits per heavy atom. The van der Waals surface area contributed by atoms with Gasteiger partial charge in [0.25, 0.3) is 5.91 Å². The molecule has 2 saturated heterocycles. The van der Waals surface area contributed by atoms with Crippen LogP contribution < -0.4 is 0 Å². The summed E-state index contributed by atoms with van der Waals surface area (Å²) in [4.78, 5) is 30.6. The van der Waals surface area contributed by atoms with Gasteiger partial charge in [0.05, 0.1) is 5.56 Å². The third kappa shape index (κ3) is 3.47. The molecule has 130 valence electrons. The Morgan fingerprint density at radius 3 is 2.12 bits per heavy atom. The minimum Gasteiger partial charge on any atom is -0.507 e. The van der Waals surface area contributed by atoms with E-state index in [0.717, 1.165) is 31.5 Å². The number of amides is 3. The number of urea groups is 1. The lowest BCUT2D eigenvalue weighted by molar-refractivity contribution is 0.0630. The first-order valence-electron chi connectivity index (χ1n) is 8.69. The highest BCUT2D eigenvalue weighted by Gasteiger charge is 2.29. The molecule has 0 aromatic heterocycles. The van der Waals surface area contributed by atoms with Gasteiger partial charge in [-0.15, -0.1) is 0 Å². The summed E-state index contributed by atoms with van der Waals surface area (Å²) in [6, 6.07) is 5.14. The predicted molar refractivity (Wildman–Crippen MR) is 91.1 cm³/mol. The molecule has 2 aliphatic rings. The third-order valence-electron chi connectivity index (χ3n) is 4.85. The average Bonchev–Trinajstić information content (AvgIpc) is 2.63. The van der Waals surface area contributed by atoms with E-state index in [2.05, 4.69) is 0 Å². The predicted octanol–water partition coefficient (Wildman–Crippen LogP) is 2.06. The molecule has 6 heteroatoms. The summed E-state index contributed by atoms with van der Waals surface area (Å²) in [5, 5.41) is 9.93. The number of hydrogen-bond acceptors (Lipinski definition) is 3. The number of piperidine rings is 1. The van der Waals surface area contributed by atoms with E-state index in [4.69, 9.17) is 0 Å². The van der Waals surface area contributed by atoms with Crippen molar-refractivity contribution in [2.24, 2.45) is 0 Å². The summed E-state index contributed by atoms with van der Waals surface area (Å²) >= 11 is 0. The highest BCUT2D eigenvalue weighted by molar-refractivity contribution is 5.97. The normalized spacial score (nSPS) is 18.6. The molecule has 0 aliphatic carbocycles. The van der Waals surface area contributed by atoms with Crippen molar-refractivity contribution in [1.29, 1.82) is 0 Å². The molecule has 2 fully saturated rings. The SMILES string of the molecule is Cc1ccc(O)c(C(=O)N2CCN(C(=O)N3CCCCC3)CC2)c1. The van der Waals surface area contributed by atoms with E-state index in [0.29, 0.717) is 31.7 Å². The molecular weight excluding hydrogens is 306 g/mol. The Hall–Kier alpha value is -2.24. The van der Waals surface area contributed by atoms with Gasteiger partial charge >= 0.3 is 6.03 Å². The molecule has 1 aromatic rings. The number of phenols is 1. The summed E-state index contributed by atoms with van der Waals surface area (Å²) in [7, 11) is 0. The van der Waals surface area contributed by atoms with Gasteiger partial charge in [0.15, 0.2) is 0 Å². The first-order chi connectivity index (χ1) is 11.6. The van der Waals surface area contributed by atoms with Crippen LogP contribution in [-0.2, 0) is 0 Å². The van der Waals surface area contributed by atoms with Crippen LogP contribution in [0.25, 0.3) is 0 Å². The van der Waals surface area contributed by atoms with Crippen molar-refractivity contribution < 1.29 is 14.7 Å². The maximum absolute atomic E-state index is 12.6. The molecule has 3 amide bonds. The van der Waals surface area contributed by atoms with Gasteiger partial charge in [-0.3, -0.25) is 4.79 Å². The van der Waals surface area contributed by atoms with Crippen molar-refractivity contribution >= 4 is 11.9 Å². The van der Waals surface area contributed by atoms with Crippen molar-refractivity contribution in [3.05, 3.63) is 29.3 Å². The lowest BCUT2D eigenvalue weighted by Crippen LogP contribution is -2.54. The van der Waals surface area contributed by atoms with Crippen molar-refractivity contribution in [1.82, 2.24) is 14.7 Å². The summed E-state index contributed by atoms with van der Waals surface area (Å²) in [6.07, 6.45) is 3.36. The van der Waals surface area contributed by atoms with E-state index in [1.807, 2.05) is 16.7 Å². The standard InChI is InChI=1S/C18H25N3O3/c1-14-5-6-16(22)15(13-14)17(23)19-9-11-21(12-10-19)18(24)20-7-3-2-4-8-20/h5-6,13,22H,2-4,7-12H2,1H3. The molecular formula is C18H25N3O3.